The quantitative estimate of drug-likeness (QED) is 0.709. The molecular weight excluding hydrogens is 360 g/mol. The van der Waals surface area contributed by atoms with E-state index in [0.717, 1.165) is 10.2 Å². The Kier molecular flexibility index (Phi) is 3.78. The first-order chi connectivity index (χ1) is 12.0. The Bertz CT molecular complexity index is 1020. The van der Waals surface area contributed by atoms with E-state index in [4.69, 9.17) is 16.7 Å². The van der Waals surface area contributed by atoms with Crippen LogP contribution in [0.4, 0.5) is 5.69 Å². The van der Waals surface area contributed by atoms with Gasteiger partial charge in [-0.2, -0.15) is 0 Å². The van der Waals surface area contributed by atoms with E-state index < -0.39 is 12.5 Å². The number of amides is 1. The van der Waals surface area contributed by atoms with Gasteiger partial charge in [0, 0.05) is 10.6 Å². The first-order valence-electron chi connectivity index (χ1n) is 7.44. The monoisotopic (exact) mass is 370 g/mol. The Labute approximate surface area is 151 Å². The van der Waals surface area contributed by atoms with Gasteiger partial charge in [-0.05, 0) is 36.4 Å². The lowest BCUT2D eigenvalue weighted by atomic mass is 10.1. The average Bonchev–Trinajstić information content (AvgIpc) is 3.09. The van der Waals surface area contributed by atoms with E-state index in [1.54, 1.807) is 24.3 Å². The number of hydrogen-bond donors (Lipinski definition) is 1. The fourth-order valence-corrected chi connectivity index (χ4v) is 3.92. The number of anilines is 1. The molecule has 5 nitrogen and oxygen atoms in total. The van der Waals surface area contributed by atoms with Crippen LogP contribution in [-0.4, -0.2) is 28.5 Å². The number of hydrogen-bond acceptors (Lipinski definition) is 4. The molecule has 7 heteroatoms. The molecule has 4 rings (SSSR count). The van der Waals surface area contributed by atoms with E-state index in [1.807, 2.05) is 24.3 Å². The summed E-state index contributed by atoms with van der Waals surface area (Å²) in [7, 11) is 0. The first kappa shape index (κ1) is 15.8. The molecule has 0 bridgehead atoms. The molecule has 0 saturated carbocycles. The molecule has 1 N–H and O–H groups in total. The van der Waals surface area contributed by atoms with Crippen LogP contribution in [0.2, 0.25) is 5.02 Å². The minimum absolute atomic E-state index is 0.362. The number of para-hydroxylation sites is 1. The van der Waals surface area contributed by atoms with Gasteiger partial charge < -0.3 is 5.11 Å². The number of aliphatic carboxylic acids is 1. The number of aromatic nitrogens is 1. The van der Waals surface area contributed by atoms with E-state index in [2.05, 4.69) is 4.98 Å². The van der Waals surface area contributed by atoms with Gasteiger partial charge in [0.25, 0.3) is 5.91 Å². The highest BCUT2D eigenvalue weighted by atomic mass is 35.5. The zero-order valence-electron chi connectivity index (χ0n) is 12.8. The maximum atomic E-state index is 12.8. The summed E-state index contributed by atoms with van der Waals surface area (Å²) in [6, 6.07) is 12.7. The Hall–Kier alpha value is -2.70. The lowest BCUT2D eigenvalue weighted by molar-refractivity contribution is -0.136. The maximum absolute atomic E-state index is 12.8. The molecule has 0 fully saturated rings. The van der Waals surface area contributed by atoms with Gasteiger partial charge in [-0.25, -0.2) is 4.98 Å². The molecular formula is C18H11ClN2O3S. The average molecular weight is 371 g/mol. The minimum atomic E-state index is -1.07. The van der Waals surface area contributed by atoms with Crippen molar-refractivity contribution in [2.75, 3.05) is 11.4 Å². The Morgan fingerprint density at radius 3 is 2.84 bits per heavy atom. The molecule has 1 amide bonds. The lowest BCUT2D eigenvalue weighted by Gasteiger charge is -2.13. The van der Waals surface area contributed by atoms with Crippen molar-refractivity contribution in [1.29, 1.82) is 0 Å². The Balaban J connectivity index is 1.84. The predicted molar refractivity (Wildman–Crippen MR) is 98.9 cm³/mol. The molecule has 0 unspecified atom stereocenters. The van der Waals surface area contributed by atoms with Crippen LogP contribution in [0.1, 0.15) is 10.6 Å². The van der Waals surface area contributed by atoms with Crippen LogP contribution in [0.3, 0.4) is 0 Å². The Morgan fingerprint density at radius 2 is 2.08 bits per heavy atom. The molecule has 1 aliphatic heterocycles. The number of carbonyl (C=O) groups is 2. The molecule has 0 aliphatic carbocycles. The van der Waals surface area contributed by atoms with Crippen molar-refractivity contribution in [3.8, 4) is 0 Å². The molecule has 2 heterocycles. The zero-order chi connectivity index (χ0) is 17.6. The van der Waals surface area contributed by atoms with Crippen LogP contribution in [0, 0.1) is 0 Å². The van der Waals surface area contributed by atoms with Crippen molar-refractivity contribution in [2.45, 2.75) is 0 Å². The molecule has 1 aromatic heterocycles. The molecule has 2 aromatic carbocycles. The maximum Gasteiger partial charge on any atom is 0.323 e. The molecule has 0 spiro atoms. The molecule has 3 aromatic rings. The number of benzene rings is 2. The second-order valence-electron chi connectivity index (χ2n) is 5.52. The summed E-state index contributed by atoms with van der Waals surface area (Å²) in [6.07, 6.45) is 1.70. The fourth-order valence-electron chi connectivity index (χ4n) is 2.84. The van der Waals surface area contributed by atoms with Crippen molar-refractivity contribution >= 4 is 62.4 Å². The summed E-state index contributed by atoms with van der Waals surface area (Å²) in [6.45, 7) is -0.398. The molecule has 0 radical (unpaired) electrons. The van der Waals surface area contributed by atoms with Gasteiger partial charge >= 0.3 is 5.97 Å². The van der Waals surface area contributed by atoms with Gasteiger partial charge in [0.1, 0.15) is 11.6 Å². The normalized spacial score (nSPS) is 15.2. The molecule has 25 heavy (non-hydrogen) atoms. The van der Waals surface area contributed by atoms with E-state index >= 15 is 0 Å². The van der Waals surface area contributed by atoms with Crippen LogP contribution in [0.5, 0.6) is 0 Å². The first-order valence-corrected chi connectivity index (χ1v) is 8.63. The highest BCUT2D eigenvalue weighted by Gasteiger charge is 2.34. The largest absolute Gasteiger partial charge is 0.480 e. The van der Waals surface area contributed by atoms with Gasteiger partial charge in [0.05, 0.1) is 21.5 Å². The lowest BCUT2D eigenvalue weighted by Crippen LogP contribution is -2.32. The van der Waals surface area contributed by atoms with Gasteiger partial charge in [0.15, 0.2) is 0 Å². The summed E-state index contributed by atoms with van der Waals surface area (Å²) in [5.74, 6) is -1.44. The number of carboxylic acids is 1. The molecule has 124 valence electrons. The van der Waals surface area contributed by atoms with Crippen LogP contribution in [0.15, 0.2) is 42.5 Å². The Morgan fingerprint density at radius 1 is 1.28 bits per heavy atom. The third kappa shape index (κ3) is 2.79. The van der Waals surface area contributed by atoms with E-state index in [1.165, 1.54) is 16.2 Å². The van der Waals surface area contributed by atoms with Crippen LogP contribution in [-0.2, 0) is 9.59 Å². The second kappa shape index (κ2) is 5.98. The summed E-state index contributed by atoms with van der Waals surface area (Å²) >= 11 is 7.54. The van der Waals surface area contributed by atoms with E-state index in [0.29, 0.717) is 26.9 Å². The smallest absolute Gasteiger partial charge is 0.323 e. The standard InChI is InChI=1S/C18H11ClN2O3S/c19-10-5-6-14-11(7-10)12(18(24)21(14)9-17(22)23)8-16-20-13-3-1-2-4-15(13)25-16/h1-8H,9H2,(H,22,23)/b12-8+. The molecule has 0 atom stereocenters. The minimum Gasteiger partial charge on any atom is -0.480 e. The van der Waals surface area contributed by atoms with Crippen molar-refractivity contribution in [3.63, 3.8) is 0 Å². The number of carbonyl (C=O) groups excluding carboxylic acids is 1. The van der Waals surface area contributed by atoms with Crippen molar-refractivity contribution in [2.24, 2.45) is 0 Å². The highest BCUT2D eigenvalue weighted by Crippen LogP contribution is 2.39. The summed E-state index contributed by atoms with van der Waals surface area (Å²) in [5, 5.41) is 10.3. The van der Waals surface area contributed by atoms with Crippen LogP contribution < -0.4 is 4.90 Å². The highest BCUT2D eigenvalue weighted by molar-refractivity contribution is 7.19. The second-order valence-corrected chi connectivity index (χ2v) is 7.02. The number of fused-ring (bicyclic) bond motifs is 2. The summed E-state index contributed by atoms with van der Waals surface area (Å²) in [5.41, 5.74) is 2.43. The number of rotatable bonds is 3. The molecule has 0 saturated heterocycles. The summed E-state index contributed by atoms with van der Waals surface area (Å²) < 4.78 is 1.02. The van der Waals surface area contributed by atoms with Crippen LogP contribution in [0.25, 0.3) is 21.9 Å². The van der Waals surface area contributed by atoms with E-state index in [-0.39, 0.29) is 5.91 Å². The summed E-state index contributed by atoms with van der Waals surface area (Å²) in [4.78, 5) is 29.6. The van der Waals surface area contributed by atoms with Gasteiger partial charge in [-0.1, -0.05) is 23.7 Å². The van der Waals surface area contributed by atoms with Gasteiger partial charge in [-0.15, -0.1) is 11.3 Å². The third-order valence-electron chi connectivity index (χ3n) is 3.89. The molecule has 1 aliphatic rings. The van der Waals surface area contributed by atoms with Crippen molar-refractivity contribution < 1.29 is 14.7 Å². The van der Waals surface area contributed by atoms with Crippen LogP contribution >= 0.6 is 22.9 Å². The topological polar surface area (TPSA) is 70.5 Å². The number of carboxylic acid groups (broad SMARTS) is 1. The van der Waals surface area contributed by atoms with Crippen molar-refractivity contribution in [1.82, 2.24) is 4.98 Å². The van der Waals surface area contributed by atoms with Crippen molar-refractivity contribution in [3.05, 3.63) is 58.1 Å². The third-order valence-corrected chi connectivity index (χ3v) is 5.11. The fraction of sp³-hybridized carbons (Fsp3) is 0.0556. The van der Waals surface area contributed by atoms with E-state index in [9.17, 15) is 9.59 Å². The zero-order valence-corrected chi connectivity index (χ0v) is 14.3. The number of nitrogens with zero attached hydrogens (tertiary/aromatic N) is 2. The number of halogens is 1. The predicted octanol–water partition coefficient (Wildman–Crippen LogP) is 3.92. The van der Waals surface area contributed by atoms with Gasteiger partial charge in [0.2, 0.25) is 0 Å². The SMILES string of the molecule is O=C(O)CN1C(=O)/C(=C/c2nc3ccccc3s2)c2cc(Cl)ccc21. The van der Waals surface area contributed by atoms with Gasteiger partial charge in [-0.3, -0.25) is 14.5 Å². The number of thiazole rings is 1.